The van der Waals surface area contributed by atoms with Crippen LogP contribution in [0.25, 0.3) is 22.3 Å². The highest BCUT2D eigenvalue weighted by molar-refractivity contribution is 5.72. The summed E-state index contributed by atoms with van der Waals surface area (Å²) in [6.07, 6.45) is 7.24. The smallest absolute Gasteiger partial charge is 0.197 e. The lowest BCUT2D eigenvalue weighted by Crippen LogP contribution is -2.11. The highest BCUT2D eigenvalue weighted by Crippen LogP contribution is 2.22. The lowest BCUT2D eigenvalue weighted by Gasteiger charge is -2.10. The quantitative estimate of drug-likeness (QED) is 0.644. The number of nitrogens with zero attached hydrogens (tertiary/aromatic N) is 1. The Labute approximate surface area is 143 Å². The van der Waals surface area contributed by atoms with Crippen LogP contribution in [-0.4, -0.2) is 4.57 Å². The molecule has 0 aliphatic rings. The van der Waals surface area contributed by atoms with Crippen molar-refractivity contribution >= 4 is 0 Å². The Bertz CT molecular complexity index is 878. The Kier molecular flexibility index (Phi) is 4.95. The SMILES string of the molecule is CCCCc1cccc(-c2cn(C)cc(-c3ccccc3)c2=O)c1. The Hall–Kier alpha value is -2.61. The van der Waals surface area contributed by atoms with E-state index in [0.29, 0.717) is 0 Å². The molecule has 0 aliphatic heterocycles. The summed E-state index contributed by atoms with van der Waals surface area (Å²) in [7, 11) is 1.97. The summed E-state index contributed by atoms with van der Waals surface area (Å²) >= 11 is 0. The van der Waals surface area contributed by atoms with Gasteiger partial charge < -0.3 is 4.57 Å². The van der Waals surface area contributed by atoms with Gasteiger partial charge in [0.2, 0.25) is 0 Å². The number of hydrogen-bond donors (Lipinski definition) is 0. The van der Waals surface area contributed by atoms with E-state index in [1.165, 1.54) is 18.4 Å². The highest BCUT2D eigenvalue weighted by atomic mass is 16.1. The molecule has 0 aliphatic carbocycles. The molecule has 122 valence electrons. The standard InChI is InChI=1S/C22H23NO/c1-3-4-9-17-10-8-13-19(14-17)21-16-23(2)15-20(22(21)24)18-11-6-5-7-12-18/h5-8,10-16H,3-4,9H2,1-2H3. The largest absolute Gasteiger partial charge is 0.356 e. The summed E-state index contributed by atoms with van der Waals surface area (Å²) in [5.41, 5.74) is 4.85. The number of aromatic nitrogens is 1. The van der Waals surface area contributed by atoms with Crippen LogP contribution in [0.2, 0.25) is 0 Å². The third kappa shape index (κ3) is 3.48. The average Bonchev–Trinajstić information content (AvgIpc) is 2.62. The van der Waals surface area contributed by atoms with E-state index in [1.54, 1.807) is 0 Å². The number of aryl methyl sites for hydroxylation is 2. The predicted octanol–water partition coefficient (Wildman–Crippen LogP) is 5.06. The minimum Gasteiger partial charge on any atom is -0.356 e. The van der Waals surface area contributed by atoms with E-state index in [1.807, 2.05) is 60.4 Å². The van der Waals surface area contributed by atoms with Gasteiger partial charge in [-0.05, 0) is 29.5 Å². The average molecular weight is 317 g/mol. The van der Waals surface area contributed by atoms with E-state index in [9.17, 15) is 4.79 Å². The van der Waals surface area contributed by atoms with Crippen LogP contribution in [0.15, 0.2) is 71.8 Å². The summed E-state index contributed by atoms with van der Waals surface area (Å²) in [5.74, 6) is 0. The molecule has 3 rings (SSSR count). The van der Waals surface area contributed by atoms with Gasteiger partial charge in [-0.15, -0.1) is 0 Å². The maximum atomic E-state index is 13.0. The zero-order chi connectivity index (χ0) is 16.9. The molecule has 2 nitrogen and oxygen atoms in total. The molecular weight excluding hydrogens is 294 g/mol. The number of rotatable bonds is 5. The van der Waals surface area contributed by atoms with Crippen molar-refractivity contribution in [2.45, 2.75) is 26.2 Å². The number of unbranched alkanes of at least 4 members (excludes halogenated alkanes) is 1. The fourth-order valence-electron chi connectivity index (χ4n) is 3.01. The Morgan fingerprint density at radius 3 is 2.25 bits per heavy atom. The van der Waals surface area contributed by atoms with Crippen LogP contribution in [0.5, 0.6) is 0 Å². The maximum absolute atomic E-state index is 13.0. The van der Waals surface area contributed by atoms with Gasteiger partial charge in [-0.1, -0.05) is 67.9 Å². The molecule has 0 unspecified atom stereocenters. The van der Waals surface area contributed by atoms with Crippen molar-refractivity contribution in [3.05, 3.63) is 82.8 Å². The van der Waals surface area contributed by atoms with Crippen molar-refractivity contribution in [2.75, 3.05) is 0 Å². The zero-order valence-corrected chi connectivity index (χ0v) is 14.3. The van der Waals surface area contributed by atoms with Gasteiger partial charge in [0.25, 0.3) is 0 Å². The van der Waals surface area contributed by atoms with Gasteiger partial charge in [0.05, 0.1) is 0 Å². The van der Waals surface area contributed by atoms with Crippen molar-refractivity contribution in [1.82, 2.24) is 4.57 Å². The summed E-state index contributed by atoms with van der Waals surface area (Å²) in [6.45, 7) is 2.20. The molecule has 3 aromatic rings. The second-order valence-electron chi connectivity index (χ2n) is 6.25. The first-order valence-corrected chi connectivity index (χ1v) is 8.54. The Balaban J connectivity index is 2.09. The molecule has 2 aromatic carbocycles. The second-order valence-corrected chi connectivity index (χ2v) is 6.25. The monoisotopic (exact) mass is 317 g/mol. The second kappa shape index (κ2) is 7.31. The Morgan fingerprint density at radius 2 is 1.54 bits per heavy atom. The van der Waals surface area contributed by atoms with E-state index in [-0.39, 0.29) is 5.43 Å². The Morgan fingerprint density at radius 1 is 0.875 bits per heavy atom. The predicted molar refractivity (Wildman–Crippen MR) is 101 cm³/mol. The van der Waals surface area contributed by atoms with Crippen molar-refractivity contribution in [3.8, 4) is 22.3 Å². The minimum atomic E-state index is 0.0898. The van der Waals surface area contributed by atoms with E-state index in [0.717, 1.165) is 28.7 Å². The normalized spacial score (nSPS) is 10.8. The van der Waals surface area contributed by atoms with Gasteiger partial charge in [-0.2, -0.15) is 0 Å². The first kappa shape index (κ1) is 16.3. The molecule has 0 saturated heterocycles. The maximum Gasteiger partial charge on any atom is 0.197 e. The fourth-order valence-corrected chi connectivity index (χ4v) is 3.01. The lowest BCUT2D eigenvalue weighted by atomic mass is 9.98. The van der Waals surface area contributed by atoms with E-state index < -0.39 is 0 Å². The highest BCUT2D eigenvalue weighted by Gasteiger charge is 2.11. The molecule has 0 radical (unpaired) electrons. The number of hydrogen-bond acceptors (Lipinski definition) is 1. The fraction of sp³-hybridized carbons (Fsp3) is 0.227. The van der Waals surface area contributed by atoms with Crippen LogP contribution in [0.4, 0.5) is 0 Å². The molecule has 1 heterocycles. The first-order chi connectivity index (χ1) is 11.7. The van der Waals surface area contributed by atoms with Crippen LogP contribution >= 0.6 is 0 Å². The summed E-state index contributed by atoms with van der Waals surface area (Å²) in [5, 5.41) is 0. The van der Waals surface area contributed by atoms with Gasteiger partial charge in [-0.25, -0.2) is 0 Å². The van der Waals surface area contributed by atoms with Crippen LogP contribution < -0.4 is 5.43 Å². The van der Waals surface area contributed by atoms with Gasteiger partial charge in [0.15, 0.2) is 5.43 Å². The van der Waals surface area contributed by atoms with Crippen molar-refractivity contribution in [1.29, 1.82) is 0 Å². The molecule has 0 saturated carbocycles. The van der Waals surface area contributed by atoms with Crippen molar-refractivity contribution < 1.29 is 0 Å². The molecule has 2 heteroatoms. The number of pyridine rings is 1. The first-order valence-electron chi connectivity index (χ1n) is 8.54. The summed E-state index contributed by atoms with van der Waals surface area (Å²) in [4.78, 5) is 13.0. The van der Waals surface area contributed by atoms with E-state index >= 15 is 0 Å². The minimum absolute atomic E-state index is 0.0898. The van der Waals surface area contributed by atoms with Crippen LogP contribution in [-0.2, 0) is 13.5 Å². The van der Waals surface area contributed by atoms with Gasteiger partial charge in [0, 0.05) is 30.6 Å². The van der Waals surface area contributed by atoms with Crippen molar-refractivity contribution in [3.63, 3.8) is 0 Å². The molecule has 0 atom stereocenters. The topological polar surface area (TPSA) is 22.0 Å². The van der Waals surface area contributed by atoms with Crippen LogP contribution in [0.3, 0.4) is 0 Å². The van der Waals surface area contributed by atoms with Crippen LogP contribution in [0.1, 0.15) is 25.3 Å². The van der Waals surface area contributed by atoms with Gasteiger partial charge >= 0.3 is 0 Å². The molecule has 0 fully saturated rings. The molecule has 24 heavy (non-hydrogen) atoms. The molecule has 1 aromatic heterocycles. The lowest BCUT2D eigenvalue weighted by molar-refractivity contribution is 0.795. The summed E-state index contributed by atoms with van der Waals surface area (Å²) in [6, 6.07) is 18.2. The van der Waals surface area contributed by atoms with Crippen LogP contribution in [0, 0.1) is 0 Å². The van der Waals surface area contributed by atoms with Gasteiger partial charge in [-0.3, -0.25) is 4.79 Å². The molecule has 0 bridgehead atoms. The van der Waals surface area contributed by atoms with E-state index in [2.05, 4.69) is 25.1 Å². The molecular formula is C22H23NO. The number of benzene rings is 2. The third-order valence-corrected chi connectivity index (χ3v) is 4.30. The van der Waals surface area contributed by atoms with E-state index in [4.69, 9.17) is 0 Å². The molecule has 0 N–H and O–H groups in total. The van der Waals surface area contributed by atoms with Crippen molar-refractivity contribution in [2.24, 2.45) is 7.05 Å². The third-order valence-electron chi connectivity index (χ3n) is 4.30. The summed E-state index contributed by atoms with van der Waals surface area (Å²) < 4.78 is 1.97. The van der Waals surface area contributed by atoms with Gasteiger partial charge in [0.1, 0.15) is 0 Å². The molecule has 0 spiro atoms. The zero-order valence-electron chi connectivity index (χ0n) is 14.3. The molecule has 0 amide bonds.